The molecule has 3 nitrogen and oxygen atoms in total. The first-order chi connectivity index (χ1) is 7.75. The molecule has 1 heterocycles. The summed E-state index contributed by atoms with van der Waals surface area (Å²) in [4.78, 5) is 11.7. The lowest BCUT2D eigenvalue weighted by molar-refractivity contribution is 0.108. The van der Waals surface area contributed by atoms with Crippen LogP contribution in [0.5, 0.6) is 0 Å². The predicted octanol–water partition coefficient (Wildman–Crippen LogP) is 2.92. The highest BCUT2D eigenvalue weighted by molar-refractivity contribution is 8.13. The van der Waals surface area contributed by atoms with Crippen molar-refractivity contribution in [1.29, 1.82) is 0 Å². The van der Waals surface area contributed by atoms with Gasteiger partial charge in [-0.1, -0.05) is 42.1 Å². The molecule has 0 radical (unpaired) electrons. The molecular formula is C11H10N2OS2. The molecule has 0 amide bonds. The molecule has 2 aromatic rings. The molecule has 82 valence electrons. The molecule has 0 fully saturated rings. The Labute approximate surface area is 102 Å². The molecule has 0 bridgehead atoms. The van der Waals surface area contributed by atoms with Crippen molar-refractivity contribution in [3.8, 4) is 0 Å². The monoisotopic (exact) mass is 250 g/mol. The van der Waals surface area contributed by atoms with Gasteiger partial charge in [-0.3, -0.25) is 4.79 Å². The molecular weight excluding hydrogens is 240 g/mol. The second-order valence-corrected chi connectivity index (χ2v) is 5.37. The standard InChI is InChI=1S/C11H10N2OS2/c1-8-12-13-10(16-8)7-15-11(14)9-5-3-2-4-6-9/h2-6H,7H2,1H3. The van der Waals surface area contributed by atoms with Crippen LogP contribution in [0.25, 0.3) is 0 Å². The number of hydrogen-bond acceptors (Lipinski definition) is 5. The minimum absolute atomic E-state index is 0.0773. The SMILES string of the molecule is Cc1nnc(CSC(=O)c2ccccc2)s1. The highest BCUT2D eigenvalue weighted by Gasteiger charge is 2.08. The molecule has 5 heteroatoms. The molecule has 0 unspecified atom stereocenters. The van der Waals surface area contributed by atoms with E-state index in [1.807, 2.05) is 37.3 Å². The number of aryl methyl sites for hydroxylation is 1. The van der Waals surface area contributed by atoms with Crippen LogP contribution in [0.4, 0.5) is 0 Å². The molecule has 0 aliphatic heterocycles. The summed E-state index contributed by atoms with van der Waals surface area (Å²) < 4.78 is 0. The summed E-state index contributed by atoms with van der Waals surface area (Å²) in [7, 11) is 0. The molecule has 0 saturated carbocycles. The second kappa shape index (κ2) is 5.23. The smallest absolute Gasteiger partial charge is 0.219 e. The van der Waals surface area contributed by atoms with Crippen LogP contribution in [0, 0.1) is 6.92 Å². The van der Waals surface area contributed by atoms with Gasteiger partial charge in [0.1, 0.15) is 10.0 Å². The Morgan fingerprint density at radius 3 is 2.69 bits per heavy atom. The summed E-state index contributed by atoms with van der Waals surface area (Å²) in [6, 6.07) is 9.27. The summed E-state index contributed by atoms with van der Waals surface area (Å²) >= 11 is 2.79. The van der Waals surface area contributed by atoms with Crippen molar-refractivity contribution in [2.45, 2.75) is 12.7 Å². The van der Waals surface area contributed by atoms with E-state index in [4.69, 9.17) is 0 Å². The van der Waals surface area contributed by atoms with Crippen molar-refractivity contribution in [3.05, 3.63) is 45.9 Å². The van der Waals surface area contributed by atoms with Crippen LogP contribution < -0.4 is 0 Å². The highest BCUT2D eigenvalue weighted by atomic mass is 32.2. The number of rotatable bonds is 3. The molecule has 0 spiro atoms. The van der Waals surface area contributed by atoms with Crippen molar-refractivity contribution in [3.63, 3.8) is 0 Å². The number of nitrogens with zero attached hydrogens (tertiary/aromatic N) is 2. The Morgan fingerprint density at radius 1 is 1.31 bits per heavy atom. The minimum atomic E-state index is 0.0773. The Bertz CT molecular complexity index is 482. The van der Waals surface area contributed by atoms with Gasteiger partial charge in [-0.05, 0) is 6.92 Å². The van der Waals surface area contributed by atoms with Crippen LogP contribution in [0.3, 0.4) is 0 Å². The third kappa shape index (κ3) is 2.90. The summed E-state index contributed by atoms with van der Waals surface area (Å²) in [6.45, 7) is 1.91. The van der Waals surface area contributed by atoms with E-state index in [0.29, 0.717) is 5.75 Å². The van der Waals surface area contributed by atoms with Gasteiger partial charge in [0.15, 0.2) is 0 Å². The lowest BCUT2D eigenvalue weighted by Crippen LogP contribution is -1.93. The van der Waals surface area contributed by atoms with Crippen molar-refractivity contribution in [2.24, 2.45) is 0 Å². The normalized spacial score (nSPS) is 10.3. The Kier molecular flexibility index (Phi) is 3.69. The van der Waals surface area contributed by atoms with E-state index < -0.39 is 0 Å². The van der Waals surface area contributed by atoms with Crippen molar-refractivity contribution in [1.82, 2.24) is 10.2 Å². The van der Waals surface area contributed by atoms with Crippen LogP contribution in [0.2, 0.25) is 0 Å². The van der Waals surface area contributed by atoms with Gasteiger partial charge < -0.3 is 0 Å². The molecule has 16 heavy (non-hydrogen) atoms. The van der Waals surface area contributed by atoms with Gasteiger partial charge in [-0.15, -0.1) is 21.5 Å². The predicted molar refractivity (Wildman–Crippen MR) is 66.7 cm³/mol. The second-order valence-electron chi connectivity index (χ2n) is 3.16. The van der Waals surface area contributed by atoms with E-state index in [1.54, 1.807) is 0 Å². The lowest BCUT2D eigenvalue weighted by Gasteiger charge is -1.97. The fraction of sp³-hybridized carbons (Fsp3) is 0.182. The lowest BCUT2D eigenvalue weighted by atomic mass is 10.2. The topological polar surface area (TPSA) is 42.9 Å². The van der Waals surface area contributed by atoms with Gasteiger partial charge in [0, 0.05) is 5.56 Å². The number of aromatic nitrogens is 2. The Balaban J connectivity index is 1.94. The van der Waals surface area contributed by atoms with Crippen molar-refractivity contribution in [2.75, 3.05) is 0 Å². The quantitative estimate of drug-likeness (QED) is 0.840. The van der Waals surface area contributed by atoms with E-state index in [9.17, 15) is 4.79 Å². The number of thioether (sulfide) groups is 1. The first-order valence-corrected chi connectivity index (χ1v) is 6.57. The molecule has 0 saturated heterocycles. The van der Waals surface area contributed by atoms with Crippen molar-refractivity contribution >= 4 is 28.2 Å². The molecule has 1 aromatic heterocycles. The van der Waals surface area contributed by atoms with E-state index >= 15 is 0 Å². The zero-order valence-electron chi connectivity index (χ0n) is 8.71. The molecule has 0 N–H and O–H groups in total. The number of carbonyl (C=O) groups excluding carboxylic acids is 1. The third-order valence-corrected chi connectivity index (χ3v) is 3.84. The summed E-state index contributed by atoms with van der Waals surface area (Å²) in [5, 5.41) is 9.79. The van der Waals surface area contributed by atoms with Crippen LogP contribution in [-0.4, -0.2) is 15.3 Å². The Morgan fingerprint density at radius 2 is 2.06 bits per heavy atom. The molecule has 2 rings (SSSR count). The van der Waals surface area contributed by atoms with E-state index in [-0.39, 0.29) is 5.12 Å². The number of carbonyl (C=O) groups is 1. The zero-order valence-corrected chi connectivity index (χ0v) is 10.3. The van der Waals surface area contributed by atoms with E-state index in [1.165, 1.54) is 23.1 Å². The van der Waals surface area contributed by atoms with Gasteiger partial charge in [0.25, 0.3) is 0 Å². The third-order valence-electron chi connectivity index (χ3n) is 1.90. The zero-order chi connectivity index (χ0) is 11.4. The molecule has 0 aliphatic carbocycles. The van der Waals surface area contributed by atoms with Crippen LogP contribution in [0.15, 0.2) is 30.3 Å². The van der Waals surface area contributed by atoms with Gasteiger partial charge >= 0.3 is 0 Å². The number of benzene rings is 1. The van der Waals surface area contributed by atoms with Gasteiger partial charge in [0.05, 0.1) is 5.75 Å². The number of hydrogen-bond donors (Lipinski definition) is 0. The molecule has 0 aliphatic rings. The molecule has 1 aromatic carbocycles. The largest absolute Gasteiger partial charge is 0.282 e. The fourth-order valence-electron chi connectivity index (χ4n) is 1.18. The van der Waals surface area contributed by atoms with E-state index in [0.717, 1.165) is 15.6 Å². The Hall–Kier alpha value is -1.20. The van der Waals surface area contributed by atoms with Gasteiger partial charge in [-0.2, -0.15) is 0 Å². The van der Waals surface area contributed by atoms with Gasteiger partial charge in [0.2, 0.25) is 5.12 Å². The summed E-state index contributed by atoms with van der Waals surface area (Å²) in [6.07, 6.45) is 0. The van der Waals surface area contributed by atoms with Crippen molar-refractivity contribution < 1.29 is 4.79 Å². The van der Waals surface area contributed by atoms with Gasteiger partial charge in [-0.25, -0.2) is 0 Å². The maximum absolute atomic E-state index is 11.7. The average molecular weight is 250 g/mol. The van der Waals surface area contributed by atoms with Crippen LogP contribution in [-0.2, 0) is 5.75 Å². The maximum atomic E-state index is 11.7. The average Bonchev–Trinajstić information content (AvgIpc) is 2.73. The van der Waals surface area contributed by atoms with E-state index in [2.05, 4.69) is 10.2 Å². The fourth-order valence-corrected chi connectivity index (χ4v) is 2.71. The first kappa shape index (κ1) is 11.3. The summed E-state index contributed by atoms with van der Waals surface area (Å²) in [5.74, 6) is 0.596. The van der Waals surface area contributed by atoms with Crippen LogP contribution >= 0.6 is 23.1 Å². The van der Waals surface area contributed by atoms with Crippen LogP contribution in [0.1, 0.15) is 20.4 Å². The first-order valence-electron chi connectivity index (χ1n) is 4.77. The minimum Gasteiger partial charge on any atom is -0.282 e. The maximum Gasteiger partial charge on any atom is 0.219 e. The highest BCUT2D eigenvalue weighted by Crippen LogP contribution is 2.19. The molecule has 0 atom stereocenters. The summed E-state index contributed by atoms with van der Waals surface area (Å²) in [5.41, 5.74) is 0.730.